The van der Waals surface area contributed by atoms with Gasteiger partial charge in [0.15, 0.2) is 0 Å². The van der Waals surface area contributed by atoms with Gasteiger partial charge in [-0.3, -0.25) is 14.9 Å². The number of nitro groups is 1. The number of hydrogen-bond donors (Lipinski definition) is 2. The molecule has 130 valence electrons. The SMILES string of the molecule is COC(=O)c1ccc(C)c(NCC(=O)Nc2cccc([N+](=O)[O-])c2)c1. The first-order valence-corrected chi connectivity index (χ1v) is 7.38. The van der Waals surface area contributed by atoms with Gasteiger partial charge in [-0.05, 0) is 30.7 Å². The molecule has 1 amide bonds. The van der Waals surface area contributed by atoms with Crippen LogP contribution in [0.4, 0.5) is 17.1 Å². The molecule has 0 aromatic heterocycles. The molecule has 0 heterocycles. The lowest BCUT2D eigenvalue weighted by molar-refractivity contribution is -0.384. The standard InChI is InChI=1S/C17H17N3O5/c1-11-6-7-12(17(22)25-2)8-15(11)18-10-16(21)19-13-4-3-5-14(9-13)20(23)24/h3-9,18H,10H2,1-2H3,(H,19,21). The van der Waals surface area contributed by atoms with Gasteiger partial charge >= 0.3 is 5.97 Å². The van der Waals surface area contributed by atoms with E-state index in [1.54, 1.807) is 24.3 Å². The Labute approximate surface area is 144 Å². The fourth-order valence-corrected chi connectivity index (χ4v) is 2.14. The third-order valence-corrected chi connectivity index (χ3v) is 3.44. The second-order valence-electron chi connectivity index (χ2n) is 5.23. The van der Waals surface area contributed by atoms with Crippen LogP contribution in [0, 0.1) is 17.0 Å². The topological polar surface area (TPSA) is 111 Å². The van der Waals surface area contributed by atoms with Crippen LogP contribution in [0.25, 0.3) is 0 Å². The number of carbonyl (C=O) groups excluding carboxylic acids is 2. The Bertz CT molecular complexity index is 820. The summed E-state index contributed by atoms with van der Waals surface area (Å²) in [5.74, 6) is -0.840. The van der Waals surface area contributed by atoms with E-state index in [0.717, 1.165) is 5.56 Å². The molecule has 8 nitrogen and oxygen atoms in total. The number of nitrogens with one attached hydrogen (secondary N) is 2. The van der Waals surface area contributed by atoms with Crippen LogP contribution >= 0.6 is 0 Å². The Morgan fingerprint density at radius 2 is 1.96 bits per heavy atom. The van der Waals surface area contributed by atoms with Crippen LogP contribution in [0.5, 0.6) is 0 Å². The minimum absolute atomic E-state index is 0.0614. The Morgan fingerprint density at radius 1 is 1.20 bits per heavy atom. The minimum Gasteiger partial charge on any atom is -0.465 e. The van der Waals surface area contributed by atoms with Gasteiger partial charge in [0, 0.05) is 23.5 Å². The molecule has 0 aliphatic carbocycles. The van der Waals surface area contributed by atoms with Gasteiger partial charge in [-0.2, -0.15) is 0 Å². The zero-order valence-corrected chi connectivity index (χ0v) is 13.7. The van der Waals surface area contributed by atoms with Crippen molar-refractivity contribution in [1.82, 2.24) is 0 Å². The lowest BCUT2D eigenvalue weighted by Crippen LogP contribution is -2.22. The average molecular weight is 343 g/mol. The number of non-ortho nitro benzene ring substituents is 1. The Morgan fingerprint density at radius 3 is 2.64 bits per heavy atom. The molecule has 8 heteroatoms. The van der Waals surface area contributed by atoms with Crippen molar-refractivity contribution in [3.05, 3.63) is 63.7 Å². The summed E-state index contributed by atoms with van der Waals surface area (Å²) in [5, 5.41) is 16.3. The molecule has 0 saturated heterocycles. The number of nitro benzene ring substituents is 1. The van der Waals surface area contributed by atoms with E-state index in [1.165, 1.54) is 25.3 Å². The first-order chi connectivity index (χ1) is 11.9. The summed E-state index contributed by atoms with van der Waals surface area (Å²) < 4.78 is 4.67. The lowest BCUT2D eigenvalue weighted by atomic mass is 10.1. The number of aryl methyl sites for hydroxylation is 1. The Hall–Kier alpha value is -3.42. The molecule has 0 saturated carbocycles. The van der Waals surface area contributed by atoms with E-state index in [0.29, 0.717) is 16.9 Å². The van der Waals surface area contributed by atoms with Crippen LogP contribution in [-0.2, 0) is 9.53 Å². The highest BCUT2D eigenvalue weighted by molar-refractivity contribution is 5.95. The highest BCUT2D eigenvalue weighted by Gasteiger charge is 2.10. The van der Waals surface area contributed by atoms with Gasteiger partial charge in [0.05, 0.1) is 24.1 Å². The summed E-state index contributed by atoms with van der Waals surface area (Å²) in [4.78, 5) is 33.8. The highest BCUT2D eigenvalue weighted by Crippen LogP contribution is 2.19. The lowest BCUT2D eigenvalue weighted by Gasteiger charge is -2.11. The first-order valence-electron chi connectivity index (χ1n) is 7.38. The summed E-state index contributed by atoms with van der Waals surface area (Å²) in [6, 6.07) is 10.7. The largest absolute Gasteiger partial charge is 0.465 e. The number of carbonyl (C=O) groups is 2. The van der Waals surface area contributed by atoms with Gasteiger partial charge in [-0.1, -0.05) is 12.1 Å². The van der Waals surface area contributed by atoms with E-state index in [-0.39, 0.29) is 18.1 Å². The number of hydrogen-bond acceptors (Lipinski definition) is 6. The quantitative estimate of drug-likeness (QED) is 0.474. The number of ether oxygens (including phenoxy) is 1. The maximum atomic E-state index is 12.0. The van der Waals surface area contributed by atoms with Crippen LogP contribution in [0.1, 0.15) is 15.9 Å². The Balaban J connectivity index is 2.01. The zero-order chi connectivity index (χ0) is 18.4. The number of nitrogens with zero attached hydrogens (tertiary/aromatic N) is 1. The molecule has 0 fully saturated rings. The fraction of sp³-hybridized carbons (Fsp3) is 0.176. The molecule has 2 rings (SSSR count). The van der Waals surface area contributed by atoms with Crippen LogP contribution in [-0.4, -0.2) is 30.5 Å². The maximum absolute atomic E-state index is 12.0. The van der Waals surface area contributed by atoms with E-state index in [1.807, 2.05) is 6.92 Å². The zero-order valence-electron chi connectivity index (χ0n) is 13.7. The molecule has 0 spiro atoms. The Kier molecular flexibility index (Phi) is 5.67. The van der Waals surface area contributed by atoms with Crippen molar-refractivity contribution < 1.29 is 19.2 Å². The molecule has 2 aromatic rings. The van der Waals surface area contributed by atoms with E-state index in [4.69, 9.17) is 0 Å². The van der Waals surface area contributed by atoms with Crippen LogP contribution in [0.2, 0.25) is 0 Å². The molecule has 0 radical (unpaired) electrons. The van der Waals surface area contributed by atoms with Crippen molar-refractivity contribution in [2.75, 3.05) is 24.3 Å². The van der Waals surface area contributed by atoms with Crippen LogP contribution in [0.15, 0.2) is 42.5 Å². The molecule has 0 unspecified atom stereocenters. The summed E-state index contributed by atoms with van der Waals surface area (Å²) in [6.45, 7) is 1.77. The fourth-order valence-electron chi connectivity index (χ4n) is 2.14. The maximum Gasteiger partial charge on any atom is 0.337 e. The van der Waals surface area contributed by atoms with Gasteiger partial charge in [-0.15, -0.1) is 0 Å². The number of rotatable bonds is 6. The first kappa shape index (κ1) is 17.9. The van der Waals surface area contributed by atoms with E-state index in [2.05, 4.69) is 15.4 Å². The molecule has 2 N–H and O–H groups in total. The average Bonchev–Trinajstić information content (AvgIpc) is 2.60. The van der Waals surface area contributed by atoms with Gasteiger partial charge in [0.1, 0.15) is 0 Å². The van der Waals surface area contributed by atoms with Crippen molar-refractivity contribution in [1.29, 1.82) is 0 Å². The summed E-state index contributed by atoms with van der Waals surface area (Å²) in [5.41, 5.74) is 2.08. The van der Waals surface area contributed by atoms with Crippen molar-refractivity contribution >= 4 is 28.9 Å². The van der Waals surface area contributed by atoms with Gasteiger partial charge < -0.3 is 15.4 Å². The van der Waals surface area contributed by atoms with Crippen molar-refractivity contribution in [2.45, 2.75) is 6.92 Å². The number of amides is 1. The van der Waals surface area contributed by atoms with E-state index in [9.17, 15) is 19.7 Å². The predicted octanol–water partition coefficient (Wildman–Crippen LogP) is 2.74. The van der Waals surface area contributed by atoms with Crippen molar-refractivity contribution in [2.24, 2.45) is 0 Å². The van der Waals surface area contributed by atoms with E-state index < -0.39 is 10.9 Å². The molecule has 0 aliphatic heterocycles. The molecule has 0 aliphatic rings. The third-order valence-electron chi connectivity index (χ3n) is 3.44. The predicted molar refractivity (Wildman–Crippen MR) is 92.7 cm³/mol. The minimum atomic E-state index is -0.532. The number of methoxy groups -OCH3 is 1. The monoisotopic (exact) mass is 343 g/mol. The smallest absolute Gasteiger partial charge is 0.337 e. The second kappa shape index (κ2) is 7.91. The molecular weight excluding hydrogens is 326 g/mol. The second-order valence-corrected chi connectivity index (χ2v) is 5.23. The van der Waals surface area contributed by atoms with Crippen molar-refractivity contribution in [3.8, 4) is 0 Å². The van der Waals surface area contributed by atoms with Crippen LogP contribution < -0.4 is 10.6 Å². The third kappa shape index (κ3) is 4.77. The number of esters is 1. The molecule has 0 bridgehead atoms. The highest BCUT2D eigenvalue weighted by atomic mass is 16.6. The van der Waals surface area contributed by atoms with Gasteiger partial charge in [0.2, 0.25) is 5.91 Å². The van der Waals surface area contributed by atoms with Gasteiger partial charge in [-0.25, -0.2) is 4.79 Å². The summed E-state index contributed by atoms with van der Waals surface area (Å²) in [7, 11) is 1.29. The summed E-state index contributed by atoms with van der Waals surface area (Å²) >= 11 is 0. The normalized spacial score (nSPS) is 10.0. The van der Waals surface area contributed by atoms with Crippen LogP contribution in [0.3, 0.4) is 0 Å². The van der Waals surface area contributed by atoms with Gasteiger partial charge in [0.25, 0.3) is 5.69 Å². The van der Waals surface area contributed by atoms with E-state index >= 15 is 0 Å². The number of anilines is 2. The molecule has 0 atom stereocenters. The molecule has 25 heavy (non-hydrogen) atoms. The van der Waals surface area contributed by atoms with Crippen molar-refractivity contribution in [3.63, 3.8) is 0 Å². The number of benzene rings is 2. The summed E-state index contributed by atoms with van der Waals surface area (Å²) in [6.07, 6.45) is 0. The molecular formula is C17H17N3O5. The molecule has 2 aromatic carbocycles.